The van der Waals surface area contributed by atoms with Crippen LogP contribution < -0.4 is 24.8 Å². The summed E-state index contributed by atoms with van der Waals surface area (Å²) in [5.74, 6) is 1.97. The van der Waals surface area contributed by atoms with Gasteiger partial charge in [-0.3, -0.25) is 0 Å². The Bertz CT molecular complexity index is 629. The van der Waals surface area contributed by atoms with Crippen molar-refractivity contribution in [3.05, 3.63) is 54.1 Å². The summed E-state index contributed by atoms with van der Waals surface area (Å²) in [6.45, 7) is 0.472. The molecule has 6 nitrogen and oxygen atoms in total. The van der Waals surface area contributed by atoms with Gasteiger partial charge < -0.3 is 24.8 Å². The molecule has 0 spiro atoms. The zero-order chi connectivity index (χ0) is 16.5. The number of methoxy groups -OCH3 is 2. The molecule has 6 heteroatoms. The number of rotatable bonds is 7. The van der Waals surface area contributed by atoms with Crippen molar-refractivity contribution in [3.8, 4) is 17.2 Å². The van der Waals surface area contributed by atoms with Crippen LogP contribution in [0.5, 0.6) is 17.2 Å². The van der Waals surface area contributed by atoms with E-state index in [1.807, 2.05) is 36.4 Å². The summed E-state index contributed by atoms with van der Waals surface area (Å²) >= 11 is 0. The largest absolute Gasteiger partial charge is 0.497 e. The van der Waals surface area contributed by atoms with E-state index in [2.05, 4.69) is 10.6 Å². The number of hydrogen-bond acceptors (Lipinski definition) is 4. The molecule has 0 aromatic heterocycles. The second-order valence-corrected chi connectivity index (χ2v) is 4.65. The first-order valence-electron chi connectivity index (χ1n) is 7.13. The first kappa shape index (κ1) is 16.5. The monoisotopic (exact) mass is 316 g/mol. The third kappa shape index (κ3) is 5.10. The van der Waals surface area contributed by atoms with Crippen LogP contribution >= 0.6 is 0 Å². The van der Waals surface area contributed by atoms with E-state index in [1.54, 1.807) is 26.4 Å². The van der Waals surface area contributed by atoms with Crippen molar-refractivity contribution < 1.29 is 19.0 Å². The molecule has 2 aromatic rings. The highest BCUT2D eigenvalue weighted by atomic mass is 16.5. The standard InChI is InChI=1S/C17H20N2O4/c1-21-14-9-7-13(8-10-14)11-18-17(20)19-12-23-16-6-4-3-5-15(16)22-2/h3-10H,11-12H2,1-2H3,(H2,18,19,20). The summed E-state index contributed by atoms with van der Waals surface area (Å²) in [7, 11) is 3.18. The van der Waals surface area contributed by atoms with Crippen molar-refractivity contribution in [3.63, 3.8) is 0 Å². The van der Waals surface area contributed by atoms with Gasteiger partial charge in [-0.15, -0.1) is 0 Å². The van der Waals surface area contributed by atoms with Crippen LogP contribution in [0.1, 0.15) is 5.56 Å². The van der Waals surface area contributed by atoms with Crippen LogP contribution in [0.2, 0.25) is 0 Å². The number of benzene rings is 2. The molecular weight excluding hydrogens is 296 g/mol. The van der Waals surface area contributed by atoms with Crippen LogP contribution in [0.4, 0.5) is 4.79 Å². The minimum atomic E-state index is -0.310. The molecule has 0 aliphatic heterocycles. The van der Waals surface area contributed by atoms with E-state index in [-0.39, 0.29) is 12.8 Å². The average molecular weight is 316 g/mol. The molecule has 0 aliphatic carbocycles. The first-order valence-corrected chi connectivity index (χ1v) is 7.13. The predicted octanol–water partition coefficient (Wildman–Crippen LogP) is 2.54. The molecule has 2 amide bonds. The molecule has 0 bridgehead atoms. The summed E-state index contributed by atoms with van der Waals surface area (Å²) in [5.41, 5.74) is 0.978. The second-order valence-electron chi connectivity index (χ2n) is 4.65. The first-order chi connectivity index (χ1) is 11.2. The Kier molecular flexibility index (Phi) is 6.11. The minimum Gasteiger partial charge on any atom is -0.497 e. The smallest absolute Gasteiger partial charge is 0.317 e. The molecule has 0 saturated heterocycles. The van der Waals surface area contributed by atoms with Gasteiger partial charge in [-0.25, -0.2) is 4.79 Å². The highest BCUT2D eigenvalue weighted by Gasteiger charge is 2.04. The van der Waals surface area contributed by atoms with Crippen LogP contribution in [0.25, 0.3) is 0 Å². The lowest BCUT2D eigenvalue weighted by Gasteiger charge is -2.12. The molecule has 122 valence electrons. The Morgan fingerprint density at radius 1 is 0.913 bits per heavy atom. The van der Waals surface area contributed by atoms with Crippen molar-refractivity contribution in [2.75, 3.05) is 21.0 Å². The Labute approximate surface area is 135 Å². The van der Waals surface area contributed by atoms with Gasteiger partial charge in [0.05, 0.1) is 14.2 Å². The summed E-state index contributed by atoms with van der Waals surface area (Å²) in [5, 5.41) is 5.37. The van der Waals surface area contributed by atoms with Gasteiger partial charge in [0.2, 0.25) is 0 Å². The van der Waals surface area contributed by atoms with Gasteiger partial charge in [0.15, 0.2) is 18.2 Å². The van der Waals surface area contributed by atoms with Gasteiger partial charge in [0.1, 0.15) is 5.75 Å². The van der Waals surface area contributed by atoms with E-state index in [1.165, 1.54) is 0 Å². The number of ether oxygens (including phenoxy) is 3. The van der Waals surface area contributed by atoms with Crippen molar-refractivity contribution in [2.45, 2.75) is 6.54 Å². The molecular formula is C17H20N2O4. The van der Waals surface area contributed by atoms with Gasteiger partial charge in [0, 0.05) is 6.54 Å². The lowest BCUT2D eigenvalue weighted by molar-refractivity contribution is 0.221. The fraction of sp³-hybridized carbons (Fsp3) is 0.235. The highest BCUT2D eigenvalue weighted by Crippen LogP contribution is 2.25. The molecule has 2 N–H and O–H groups in total. The Morgan fingerprint density at radius 2 is 1.61 bits per heavy atom. The number of carbonyl (C=O) groups is 1. The lowest BCUT2D eigenvalue weighted by Crippen LogP contribution is -2.37. The van der Waals surface area contributed by atoms with E-state index in [0.717, 1.165) is 11.3 Å². The number of para-hydroxylation sites is 2. The third-order valence-electron chi connectivity index (χ3n) is 3.14. The van der Waals surface area contributed by atoms with Gasteiger partial charge in [-0.2, -0.15) is 0 Å². The molecule has 2 aromatic carbocycles. The predicted molar refractivity (Wildman–Crippen MR) is 86.9 cm³/mol. The van der Waals surface area contributed by atoms with E-state index in [9.17, 15) is 4.79 Å². The van der Waals surface area contributed by atoms with E-state index < -0.39 is 0 Å². The summed E-state index contributed by atoms with van der Waals surface area (Å²) < 4.78 is 15.7. The van der Waals surface area contributed by atoms with Crippen molar-refractivity contribution in [1.82, 2.24) is 10.6 Å². The Morgan fingerprint density at radius 3 is 2.26 bits per heavy atom. The summed E-state index contributed by atoms with van der Waals surface area (Å²) in [6, 6.07) is 14.4. The third-order valence-corrected chi connectivity index (χ3v) is 3.14. The highest BCUT2D eigenvalue weighted by molar-refractivity contribution is 5.73. The number of amides is 2. The fourth-order valence-electron chi connectivity index (χ4n) is 1.91. The number of urea groups is 1. The molecule has 2 rings (SSSR count). The van der Waals surface area contributed by atoms with Gasteiger partial charge in [-0.05, 0) is 29.8 Å². The second kappa shape index (κ2) is 8.53. The number of carbonyl (C=O) groups excluding carboxylic acids is 1. The summed E-state index contributed by atoms with van der Waals surface area (Å²) in [6.07, 6.45) is 0. The quantitative estimate of drug-likeness (QED) is 0.770. The maximum absolute atomic E-state index is 11.7. The average Bonchev–Trinajstić information content (AvgIpc) is 2.61. The molecule has 0 fully saturated rings. The van der Waals surface area contributed by atoms with Crippen LogP contribution in [0.15, 0.2) is 48.5 Å². The zero-order valence-corrected chi connectivity index (χ0v) is 13.2. The number of nitrogens with one attached hydrogen (secondary N) is 2. The fourth-order valence-corrected chi connectivity index (χ4v) is 1.91. The van der Waals surface area contributed by atoms with Crippen molar-refractivity contribution >= 4 is 6.03 Å². The maximum atomic E-state index is 11.7. The lowest BCUT2D eigenvalue weighted by atomic mass is 10.2. The molecule has 0 aliphatic rings. The number of hydrogen-bond donors (Lipinski definition) is 2. The Hall–Kier alpha value is -2.89. The molecule has 0 heterocycles. The minimum absolute atomic E-state index is 0.0504. The Balaban J connectivity index is 1.72. The molecule has 0 atom stereocenters. The van der Waals surface area contributed by atoms with Gasteiger partial charge >= 0.3 is 6.03 Å². The van der Waals surface area contributed by atoms with E-state index in [4.69, 9.17) is 14.2 Å². The normalized spacial score (nSPS) is 9.83. The molecule has 0 saturated carbocycles. The van der Waals surface area contributed by atoms with E-state index >= 15 is 0 Å². The molecule has 0 unspecified atom stereocenters. The van der Waals surface area contributed by atoms with E-state index in [0.29, 0.717) is 18.0 Å². The molecule has 0 radical (unpaired) electrons. The maximum Gasteiger partial charge on any atom is 0.317 e. The van der Waals surface area contributed by atoms with Crippen LogP contribution in [-0.4, -0.2) is 27.0 Å². The van der Waals surface area contributed by atoms with Crippen LogP contribution in [0.3, 0.4) is 0 Å². The van der Waals surface area contributed by atoms with Crippen LogP contribution in [-0.2, 0) is 6.54 Å². The van der Waals surface area contributed by atoms with Crippen molar-refractivity contribution in [2.24, 2.45) is 0 Å². The van der Waals surface area contributed by atoms with Crippen LogP contribution in [0, 0.1) is 0 Å². The van der Waals surface area contributed by atoms with Crippen molar-refractivity contribution in [1.29, 1.82) is 0 Å². The van der Waals surface area contributed by atoms with Gasteiger partial charge in [0.25, 0.3) is 0 Å². The zero-order valence-electron chi connectivity index (χ0n) is 13.2. The summed E-state index contributed by atoms with van der Waals surface area (Å²) in [4.78, 5) is 11.7. The SMILES string of the molecule is COc1ccc(CNC(=O)NCOc2ccccc2OC)cc1. The topological polar surface area (TPSA) is 68.8 Å². The van der Waals surface area contributed by atoms with Gasteiger partial charge in [-0.1, -0.05) is 24.3 Å². The molecule has 23 heavy (non-hydrogen) atoms.